The fraction of sp³-hybridized carbons (Fsp3) is 0.772. The van der Waals surface area contributed by atoms with Gasteiger partial charge in [-0.2, -0.15) is 0 Å². The van der Waals surface area contributed by atoms with E-state index in [2.05, 4.69) is 5.09 Å². The number of carbonyl (C=O) groups excluding carboxylic acids is 13. The Morgan fingerprint density at radius 3 is 0.759 bits per heavy atom. The van der Waals surface area contributed by atoms with Crippen molar-refractivity contribution in [1.29, 1.82) is 0 Å². The summed E-state index contributed by atoms with van der Waals surface area (Å²) in [4.78, 5) is 175. The highest BCUT2D eigenvalue weighted by atomic mass is 31.2. The molecule has 0 rings (SSSR count). The lowest BCUT2D eigenvalue weighted by molar-refractivity contribution is -0.134. The van der Waals surface area contributed by atoms with Gasteiger partial charge in [0, 0.05) is 213 Å². The van der Waals surface area contributed by atoms with E-state index >= 15 is 4.57 Å². The first-order valence-corrected chi connectivity index (χ1v) is 30.6. The normalized spacial score (nSPS) is 11.9. The van der Waals surface area contributed by atoms with Gasteiger partial charge in [-0.05, 0) is 26.7 Å². The van der Waals surface area contributed by atoms with E-state index in [4.69, 9.17) is 0 Å². The van der Waals surface area contributed by atoms with Gasteiger partial charge >= 0.3 is 0 Å². The first-order chi connectivity index (χ1) is 37.4. The highest BCUT2D eigenvalue weighted by molar-refractivity contribution is 7.57. The Labute approximate surface area is 471 Å². The van der Waals surface area contributed by atoms with Crippen molar-refractivity contribution >= 4 is 83.3 Å². The highest BCUT2D eigenvalue weighted by Gasteiger charge is 2.39. The number of hydrogen-bond donors (Lipinski definition) is 1. The molecule has 0 spiro atoms. The van der Waals surface area contributed by atoms with Gasteiger partial charge in [0.1, 0.15) is 52.0 Å². The third-order valence-corrected chi connectivity index (χ3v) is 16.8. The molecule has 0 aliphatic heterocycles. The van der Waals surface area contributed by atoms with Crippen LogP contribution in [0.5, 0.6) is 0 Å². The molecule has 0 saturated carbocycles. The number of ketones is 9. The minimum Gasteiger partial charge on any atom is -0.342 e. The number of Topliss-reactive ketones (excluding diaryl/α,β-unsaturated/α-hetero) is 9. The van der Waals surface area contributed by atoms with E-state index in [1.54, 1.807) is 41.5 Å². The van der Waals surface area contributed by atoms with Gasteiger partial charge in [-0.25, -0.2) is 14.4 Å². The molecular formula is C57H98N7O14P. The van der Waals surface area contributed by atoms with Crippen LogP contribution in [0.25, 0.3) is 0 Å². The monoisotopic (exact) mass is 1140 g/mol. The van der Waals surface area contributed by atoms with E-state index in [9.17, 15) is 62.3 Å². The fourth-order valence-corrected chi connectivity index (χ4v) is 10.9. The van der Waals surface area contributed by atoms with E-state index in [1.165, 1.54) is 42.8 Å². The summed E-state index contributed by atoms with van der Waals surface area (Å²) < 4.78 is 19.5. The van der Waals surface area contributed by atoms with Gasteiger partial charge in [-0.3, -0.25) is 66.9 Å². The molecule has 0 bridgehead atoms. The zero-order valence-corrected chi connectivity index (χ0v) is 50.5. The Kier molecular flexibility index (Phi) is 40.1. The lowest BCUT2D eigenvalue weighted by Crippen LogP contribution is -2.45. The number of hydrogen-bond acceptors (Lipinski definition) is 14. The topological polar surface area (TPSA) is 270 Å². The maximum Gasteiger partial charge on any atom is 0.284 e. The van der Waals surface area contributed by atoms with Crippen molar-refractivity contribution in [2.24, 2.45) is 0 Å². The molecule has 21 nitrogen and oxygen atoms in total. The van der Waals surface area contributed by atoms with Crippen LogP contribution in [0.1, 0.15) is 204 Å². The molecule has 0 saturated heterocycles. The number of nitrogens with zero attached hydrogens (tertiary/aromatic N) is 6. The molecule has 0 radical (unpaired) electrons. The minimum absolute atomic E-state index is 0.00213. The molecule has 1 atom stereocenters. The average molecular weight is 1140 g/mol. The van der Waals surface area contributed by atoms with Crippen LogP contribution in [0.2, 0.25) is 0 Å². The summed E-state index contributed by atoms with van der Waals surface area (Å²) in [6.07, 6.45) is 1.37. The van der Waals surface area contributed by atoms with Gasteiger partial charge < -0.3 is 19.6 Å². The second kappa shape index (κ2) is 42.8. The van der Waals surface area contributed by atoms with Crippen LogP contribution in [0.3, 0.4) is 0 Å². The van der Waals surface area contributed by atoms with Crippen molar-refractivity contribution in [2.75, 3.05) is 85.1 Å². The molecule has 0 aliphatic rings. The Morgan fingerprint density at radius 1 is 0.304 bits per heavy atom. The SMILES string of the molecule is CCCC(=O)CCCNP(=O)(N(CCC(=O)N(CCC(C)=O)CCC(C)=O)CCC(=O)N(CCC(=O)CC)CCC(=O)CC)N(CCC(=O)N(CCC(=O)CC)CCC(=O)CC)CCC(=O)N(CCC(=O)CC)CCC(=O)CC. The van der Waals surface area contributed by atoms with Crippen LogP contribution < -0.4 is 5.09 Å². The molecule has 1 unspecified atom stereocenters. The number of nitrogens with one attached hydrogen (secondary N) is 1. The third kappa shape index (κ3) is 32.8. The number of rotatable bonds is 51. The van der Waals surface area contributed by atoms with Crippen molar-refractivity contribution in [3.63, 3.8) is 0 Å². The van der Waals surface area contributed by atoms with Crippen molar-refractivity contribution < 1.29 is 66.9 Å². The quantitative estimate of drug-likeness (QED) is 0.0504. The minimum atomic E-state index is -4.45. The third-order valence-electron chi connectivity index (χ3n) is 13.8. The average Bonchev–Trinajstić information content (AvgIpc) is 3.43. The lowest BCUT2D eigenvalue weighted by atomic mass is 10.1. The largest absolute Gasteiger partial charge is 0.342 e. The van der Waals surface area contributed by atoms with E-state index in [1.807, 2.05) is 6.92 Å². The van der Waals surface area contributed by atoms with Gasteiger partial charge in [-0.1, -0.05) is 48.5 Å². The molecule has 0 aliphatic carbocycles. The lowest BCUT2D eigenvalue weighted by Gasteiger charge is -2.40. The van der Waals surface area contributed by atoms with E-state index in [0.717, 1.165) is 0 Å². The van der Waals surface area contributed by atoms with Gasteiger partial charge in [-0.15, -0.1) is 0 Å². The van der Waals surface area contributed by atoms with E-state index in [-0.39, 0.29) is 266 Å². The maximum absolute atomic E-state index is 16.7. The predicted molar refractivity (Wildman–Crippen MR) is 303 cm³/mol. The summed E-state index contributed by atoms with van der Waals surface area (Å²) in [6, 6.07) is 0. The van der Waals surface area contributed by atoms with Crippen LogP contribution in [0, 0.1) is 0 Å². The second-order valence-electron chi connectivity index (χ2n) is 20.0. The van der Waals surface area contributed by atoms with E-state index < -0.39 is 31.2 Å². The summed E-state index contributed by atoms with van der Waals surface area (Å²) in [7, 11) is -4.45. The van der Waals surface area contributed by atoms with Crippen LogP contribution >= 0.6 is 7.59 Å². The van der Waals surface area contributed by atoms with Gasteiger partial charge in [0.2, 0.25) is 23.6 Å². The Hall–Kier alpha value is -4.98. The molecule has 0 aromatic rings. The fourth-order valence-electron chi connectivity index (χ4n) is 8.24. The van der Waals surface area contributed by atoms with Gasteiger partial charge in [0.15, 0.2) is 0 Å². The molecule has 0 fully saturated rings. The van der Waals surface area contributed by atoms with Crippen molar-refractivity contribution in [1.82, 2.24) is 34.0 Å². The van der Waals surface area contributed by atoms with Crippen LogP contribution in [0.15, 0.2) is 0 Å². The second-order valence-corrected chi connectivity index (χ2v) is 22.6. The molecule has 0 aromatic carbocycles. The van der Waals surface area contributed by atoms with Gasteiger partial charge in [0.05, 0.1) is 0 Å². The molecule has 1 N–H and O–H groups in total. The highest BCUT2D eigenvalue weighted by Crippen LogP contribution is 2.50. The first-order valence-electron chi connectivity index (χ1n) is 29.0. The standard InChI is InChI=1S/C57H98N7O14P/c1-10-18-53(73)19-17-32-58-79(78,63(41-28-54(74)59(33-20-45(8)65)34-21-46(9)66)42-29-55(75)60(35-22-47(67)11-2)36-23-48(68)12-3)64(43-30-56(76)61(37-24-49(69)13-4)38-25-50(70)14-5)44-31-57(77)62(39-26-51(71)15-6)40-27-52(72)16-7/h10-44H2,1-9H3,(H,58,78). The molecule has 0 heterocycles. The van der Waals surface area contributed by atoms with E-state index in [0.29, 0.717) is 12.8 Å². The Morgan fingerprint density at radius 2 is 0.544 bits per heavy atom. The number of amides is 4. The van der Waals surface area contributed by atoms with Crippen LogP contribution in [-0.2, 0) is 66.9 Å². The first kappa shape index (κ1) is 74.0. The van der Waals surface area contributed by atoms with Crippen LogP contribution in [-0.4, -0.2) is 190 Å². The molecule has 22 heteroatoms. The van der Waals surface area contributed by atoms with Crippen LogP contribution in [0.4, 0.5) is 0 Å². The van der Waals surface area contributed by atoms with Crippen molar-refractivity contribution in [2.45, 2.75) is 204 Å². The summed E-state index contributed by atoms with van der Waals surface area (Å²) in [6.45, 7) is 13.6. The Bertz CT molecular complexity index is 1930. The molecule has 79 heavy (non-hydrogen) atoms. The van der Waals surface area contributed by atoms with Crippen molar-refractivity contribution in [3.05, 3.63) is 0 Å². The summed E-state index contributed by atoms with van der Waals surface area (Å²) in [5.74, 6) is -3.02. The molecule has 4 amide bonds. The zero-order valence-electron chi connectivity index (χ0n) is 49.6. The van der Waals surface area contributed by atoms with Crippen molar-refractivity contribution in [3.8, 4) is 0 Å². The summed E-state index contributed by atoms with van der Waals surface area (Å²) >= 11 is 0. The van der Waals surface area contributed by atoms with Gasteiger partial charge in [0.25, 0.3) is 7.59 Å². The number of carbonyl (C=O) groups is 13. The molecular weight excluding hydrogens is 1040 g/mol. The maximum atomic E-state index is 16.7. The smallest absolute Gasteiger partial charge is 0.284 e. The summed E-state index contributed by atoms with van der Waals surface area (Å²) in [5, 5.41) is 3.17. The predicted octanol–water partition coefficient (Wildman–Crippen LogP) is 6.49. The molecule has 0 aromatic heterocycles. The Balaban J connectivity index is 8.20. The zero-order chi connectivity index (χ0) is 59.9. The summed E-state index contributed by atoms with van der Waals surface area (Å²) in [5.41, 5.74) is 0. The molecule has 450 valence electrons.